The van der Waals surface area contributed by atoms with E-state index in [1.54, 1.807) is 0 Å². The van der Waals surface area contributed by atoms with Gasteiger partial charge < -0.3 is 10.2 Å². The molecular weight excluding hydrogens is 407 g/mol. The van der Waals surface area contributed by atoms with Crippen LogP contribution < -0.4 is 0 Å². The molecule has 0 heterocycles. The summed E-state index contributed by atoms with van der Waals surface area (Å²) in [5.74, 6) is -1.10. The Morgan fingerprint density at radius 1 is 0.875 bits per heavy atom. The molecule has 0 aromatic rings. The van der Waals surface area contributed by atoms with Crippen LogP contribution in [-0.4, -0.2) is 43.4 Å². The van der Waals surface area contributed by atoms with Gasteiger partial charge in [0.25, 0.3) is 0 Å². The number of hydrogen-bond donors (Lipinski definition) is 2. The number of aliphatic carboxylic acids is 1. The molecule has 3 nitrogen and oxygen atoms in total. The van der Waals surface area contributed by atoms with Gasteiger partial charge in [0, 0.05) is 0 Å². The summed E-state index contributed by atoms with van der Waals surface area (Å²) in [6.07, 6.45) is 18.3. The van der Waals surface area contributed by atoms with Crippen LogP contribution in [-0.2, 0) is 4.79 Å². The van der Waals surface area contributed by atoms with Gasteiger partial charge in [-0.05, 0) is 32.1 Å². The molecule has 0 amide bonds. The molecule has 0 spiro atoms. The van der Waals surface area contributed by atoms with Gasteiger partial charge in [-0.3, -0.25) is 0 Å². The molecule has 24 heavy (non-hydrogen) atoms. The van der Waals surface area contributed by atoms with E-state index in [9.17, 15) is 4.79 Å². The molecule has 0 saturated carbocycles. The second-order valence-electron chi connectivity index (χ2n) is 6.37. The monoisotopic (exact) mass is 448 g/mol. The van der Waals surface area contributed by atoms with Crippen molar-refractivity contribution < 1.29 is 15.0 Å². The molecule has 0 saturated heterocycles. The average molecular weight is 447 g/mol. The first-order chi connectivity index (χ1) is 11.6. The molecule has 1 unspecified atom stereocenters. The summed E-state index contributed by atoms with van der Waals surface area (Å²) in [7, 11) is 0. The standard InChI is InChI=1S/C18H34O3.2CH3.Sn/c1-2-3-4-5-6-7-8-9-10-11-12-13-14-15-16-17(19)18(20)21;;;/h9-10,17,19H,2-8,11-16H2,1H3,(H,20,21);2*1H3;. The van der Waals surface area contributed by atoms with E-state index in [0.29, 0.717) is 6.42 Å². The van der Waals surface area contributed by atoms with E-state index in [4.69, 9.17) is 10.2 Å². The maximum atomic E-state index is 10.4. The molecule has 0 aliphatic heterocycles. The number of carbonyl (C=O) groups is 1. The predicted molar refractivity (Wildman–Crippen MR) is 106 cm³/mol. The molecule has 0 rings (SSSR count). The number of unbranched alkanes of at least 4 members (excludes halogenated alkanes) is 10. The summed E-state index contributed by atoms with van der Waals surface area (Å²) >= 11 is 0.230. The fourth-order valence-electron chi connectivity index (χ4n) is 2.36. The van der Waals surface area contributed by atoms with Gasteiger partial charge in [0.15, 0.2) is 6.10 Å². The van der Waals surface area contributed by atoms with Crippen molar-refractivity contribution in [2.75, 3.05) is 0 Å². The Balaban J connectivity index is 0. The van der Waals surface area contributed by atoms with Crippen LogP contribution in [0, 0.1) is 0 Å². The van der Waals surface area contributed by atoms with Crippen LogP contribution in [0.3, 0.4) is 0 Å². The number of carboxylic acid groups (broad SMARTS) is 1. The second kappa shape index (κ2) is 23.0. The zero-order chi connectivity index (χ0) is 18.5. The van der Waals surface area contributed by atoms with Crippen molar-refractivity contribution in [2.24, 2.45) is 0 Å². The van der Waals surface area contributed by atoms with E-state index in [-0.39, 0.29) is 21.1 Å². The van der Waals surface area contributed by atoms with Crippen LogP contribution in [0.4, 0.5) is 0 Å². The Hall–Kier alpha value is -0.0313. The summed E-state index contributed by atoms with van der Waals surface area (Å²) in [5.41, 5.74) is 0. The van der Waals surface area contributed by atoms with Crippen LogP contribution >= 0.6 is 0 Å². The first-order valence-electron chi connectivity index (χ1n) is 9.74. The van der Waals surface area contributed by atoms with Crippen molar-refractivity contribution in [1.82, 2.24) is 0 Å². The summed E-state index contributed by atoms with van der Waals surface area (Å²) in [4.78, 5) is 15.0. The second-order valence-corrected chi connectivity index (χ2v) is 9.23. The van der Waals surface area contributed by atoms with E-state index in [1.165, 1.54) is 44.9 Å². The number of aliphatic hydroxyl groups excluding tert-OH is 1. The Kier molecular flexibility index (Phi) is 25.1. The van der Waals surface area contributed by atoms with Gasteiger partial charge in [-0.25, -0.2) is 4.79 Å². The number of rotatable bonds is 15. The Morgan fingerprint density at radius 2 is 1.29 bits per heavy atom. The SMILES string of the molecule is CCCCCCCCC=CCCCCCCC(O)C(=O)O.[CH3][Sn][CH3]. The van der Waals surface area contributed by atoms with Gasteiger partial charge in [0.1, 0.15) is 0 Å². The van der Waals surface area contributed by atoms with Gasteiger partial charge in [0.05, 0.1) is 0 Å². The normalized spacial score (nSPS) is 12.0. The topological polar surface area (TPSA) is 57.5 Å². The van der Waals surface area contributed by atoms with Crippen LogP contribution in [0.5, 0.6) is 0 Å². The van der Waals surface area contributed by atoms with Gasteiger partial charge in [-0.15, -0.1) is 0 Å². The Bertz CT molecular complexity index is 280. The van der Waals surface area contributed by atoms with E-state index >= 15 is 0 Å². The van der Waals surface area contributed by atoms with Gasteiger partial charge in [-0.2, -0.15) is 0 Å². The molecule has 0 aromatic heterocycles. The molecule has 4 heteroatoms. The predicted octanol–water partition coefficient (Wildman–Crippen LogP) is 5.87. The summed E-state index contributed by atoms with van der Waals surface area (Å²) < 4.78 is 0. The third-order valence-corrected chi connectivity index (χ3v) is 3.77. The number of aliphatic hydroxyl groups is 1. The zero-order valence-corrected chi connectivity index (χ0v) is 19.1. The molecule has 0 aliphatic rings. The van der Waals surface area contributed by atoms with E-state index < -0.39 is 12.1 Å². The van der Waals surface area contributed by atoms with Crippen molar-refractivity contribution >= 4 is 27.1 Å². The Labute approximate surface area is 160 Å². The van der Waals surface area contributed by atoms with Gasteiger partial charge in [-0.1, -0.05) is 70.4 Å². The van der Waals surface area contributed by atoms with Crippen LogP contribution in [0.2, 0.25) is 9.88 Å². The van der Waals surface area contributed by atoms with Crippen molar-refractivity contribution in [1.29, 1.82) is 0 Å². The van der Waals surface area contributed by atoms with E-state index in [1.807, 2.05) is 0 Å². The first-order valence-corrected chi connectivity index (χ1v) is 15.4. The van der Waals surface area contributed by atoms with Crippen LogP contribution in [0.25, 0.3) is 0 Å². The number of carboxylic acids is 1. The summed E-state index contributed by atoms with van der Waals surface area (Å²) in [6, 6.07) is 0. The average Bonchev–Trinajstić information content (AvgIpc) is 2.55. The summed E-state index contributed by atoms with van der Waals surface area (Å²) in [6.45, 7) is 2.25. The van der Waals surface area contributed by atoms with Crippen LogP contribution in [0.15, 0.2) is 12.2 Å². The Morgan fingerprint density at radius 3 is 1.75 bits per heavy atom. The minimum atomic E-state index is -1.18. The van der Waals surface area contributed by atoms with Crippen molar-refractivity contribution in [3.8, 4) is 0 Å². The molecule has 142 valence electrons. The van der Waals surface area contributed by atoms with E-state index in [2.05, 4.69) is 29.0 Å². The number of hydrogen-bond acceptors (Lipinski definition) is 2. The van der Waals surface area contributed by atoms with Crippen LogP contribution in [0.1, 0.15) is 90.4 Å². The molecule has 2 radical (unpaired) electrons. The van der Waals surface area contributed by atoms with Crippen molar-refractivity contribution in [3.63, 3.8) is 0 Å². The fraction of sp³-hybridized carbons (Fsp3) is 0.850. The first kappa shape index (κ1) is 26.2. The molecule has 0 bridgehead atoms. The van der Waals surface area contributed by atoms with Crippen molar-refractivity contribution in [2.45, 2.75) is 106 Å². The quantitative estimate of drug-likeness (QED) is 0.188. The molecule has 0 aromatic carbocycles. The molecular formula is C20H40O3Sn. The van der Waals surface area contributed by atoms with Gasteiger partial charge in [0.2, 0.25) is 0 Å². The zero-order valence-electron chi connectivity index (χ0n) is 16.2. The number of allylic oxidation sites excluding steroid dienone is 2. The van der Waals surface area contributed by atoms with E-state index in [0.717, 1.165) is 32.1 Å². The molecule has 0 fully saturated rings. The van der Waals surface area contributed by atoms with Crippen molar-refractivity contribution in [3.05, 3.63) is 12.2 Å². The molecule has 1 atom stereocenters. The molecule has 2 N–H and O–H groups in total. The molecule has 0 aliphatic carbocycles. The third kappa shape index (κ3) is 24.2. The maximum absolute atomic E-state index is 10.4. The third-order valence-electron chi connectivity index (χ3n) is 3.77. The minimum absolute atomic E-state index is 0.230. The fourth-order valence-corrected chi connectivity index (χ4v) is 2.36. The van der Waals surface area contributed by atoms with Gasteiger partial charge >= 0.3 is 37.0 Å². The summed E-state index contributed by atoms with van der Waals surface area (Å²) in [5, 5.41) is 17.6.